The van der Waals surface area contributed by atoms with Crippen molar-refractivity contribution < 1.29 is 13.9 Å². The number of halogens is 1. The lowest BCUT2D eigenvalue weighted by molar-refractivity contribution is -0.133. The molecule has 2 aromatic carbocycles. The van der Waals surface area contributed by atoms with Gasteiger partial charge < -0.3 is 9.64 Å². The summed E-state index contributed by atoms with van der Waals surface area (Å²) in [5.74, 6) is 1.02. The van der Waals surface area contributed by atoms with Gasteiger partial charge in [-0.2, -0.15) is 0 Å². The van der Waals surface area contributed by atoms with Gasteiger partial charge in [0.05, 0.1) is 13.2 Å². The van der Waals surface area contributed by atoms with Crippen LogP contribution in [0.25, 0.3) is 0 Å². The summed E-state index contributed by atoms with van der Waals surface area (Å²) >= 11 is 0. The molecule has 2 aliphatic heterocycles. The molecule has 3 atom stereocenters. The molecule has 29 heavy (non-hydrogen) atoms. The topological polar surface area (TPSA) is 32.8 Å². The normalized spacial score (nSPS) is 24.4. The molecule has 0 saturated carbocycles. The zero-order valence-electron chi connectivity index (χ0n) is 17.4. The minimum atomic E-state index is -0.225. The molecule has 2 saturated heterocycles. The number of hydrogen-bond donors (Lipinski definition) is 0. The molecule has 2 heterocycles. The summed E-state index contributed by atoms with van der Waals surface area (Å²) in [6.07, 6.45) is 2.08. The number of rotatable bonds is 4. The Labute approximate surface area is 172 Å². The van der Waals surface area contributed by atoms with Crippen LogP contribution in [0.3, 0.4) is 0 Å². The van der Waals surface area contributed by atoms with E-state index in [1.807, 2.05) is 17.0 Å². The third kappa shape index (κ3) is 3.76. The highest BCUT2D eigenvalue weighted by Gasteiger charge is 2.47. The first-order valence-corrected chi connectivity index (χ1v) is 10.4. The number of hydrogen-bond acceptors (Lipinski definition) is 3. The number of likely N-dealkylation sites (tertiary alicyclic amines) is 2. The molecule has 4 nitrogen and oxygen atoms in total. The number of piperidine rings is 1. The molecule has 0 N–H and O–H groups in total. The largest absolute Gasteiger partial charge is 0.496 e. The molecule has 0 radical (unpaired) electrons. The smallest absolute Gasteiger partial charge is 0.219 e. The van der Waals surface area contributed by atoms with Gasteiger partial charge in [0, 0.05) is 44.1 Å². The average molecular weight is 397 g/mol. The fourth-order valence-corrected chi connectivity index (χ4v) is 5.29. The first-order valence-electron chi connectivity index (χ1n) is 10.4. The molecule has 0 unspecified atom stereocenters. The van der Waals surface area contributed by atoms with Gasteiger partial charge in [-0.05, 0) is 43.0 Å². The molecule has 2 aromatic rings. The van der Waals surface area contributed by atoms with Gasteiger partial charge in [-0.3, -0.25) is 9.69 Å². The van der Waals surface area contributed by atoms with E-state index in [2.05, 4.69) is 30.0 Å². The van der Waals surface area contributed by atoms with Crippen LogP contribution in [0.15, 0.2) is 42.5 Å². The molecule has 0 aliphatic carbocycles. The minimum Gasteiger partial charge on any atom is -0.496 e. The second-order valence-electron chi connectivity index (χ2n) is 8.27. The minimum absolute atomic E-state index is 0.127. The highest BCUT2D eigenvalue weighted by Crippen LogP contribution is 2.41. The first kappa shape index (κ1) is 19.9. The number of para-hydroxylation sites is 1. The monoisotopic (exact) mass is 396 g/mol. The lowest BCUT2D eigenvalue weighted by atomic mass is 9.86. The Kier molecular flexibility index (Phi) is 5.59. The number of aryl methyl sites for hydroxylation is 1. The van der Waals surface area contributed by atoms with Crippen LogP contribution in [0.1, 0.15) is 42.4 Å². The Morgan fingerprint density at radius 2 is 1.97 bits per heavy atom. The third-order valence-electron chi connectivity index (χ3n) is 6.54. The van der Waals surface area contributed by atoms with E-state index in [4.69, 9.17) is 4.74 Å². The molecule has 0 bridgehead atoms. The molecular weight excluding hydrogens is 367 g/mol. The Bertz CT molecular complexity index is 883. The fraction of sp³-hybridized carbons (Fsp3) is 0.458. The van der Waals surface area contributed by atoms with Crippen LogP contribution < -0.4 is 4.74 Å². The van der Waals surface area contributed by atoms with Crippen molar-refractivity contribution >= 4 is 5.91 Å². The van der Waals surface area contributed by atoms with Crippen molar-refractivity contribution in [3.8, 4) is 5.75 Å². The highest BCUT2D eigenvalue weighted by molar-refractivity contribution is 5.74. The number of benzene rings is 2. The molecule has 2 fully saturated rings. The van der Waals surface area contributed by atoms with Crippen molar-refractivity contribution in [1.29, 1.82) is 0 Å². The summed E-state index contributed by atoms with van der Waals surface area (Å²) in [5.41, 5.74) is 3.41. The van der Waals surface area contributed by atoms with Crippen molar-refractivity contribution in [2.75, 3.05) is 20.2 Å². The Balaban J connectivity index is 1.68. The number of nitrogens with zero attached hydrogens (tertiary/aromatic N) is 2. The number of ether oxygens (including phenoxy) is 1. The summed E-state index contributed by atoms with van der Waals surface area (Å²) in [6, 6.07) is 13.5. The molecular formula is C24H29FN2O2. The Morgan fingerprint density at radius 3 is 2.66 bits per heavy atom. The van der Waals surface area contributed by atoms with Crippen LogP contribution in [-0.4, -0.2) is 48.0 Å². The van der Waals surface area contributed by atoms with Gasteiger partial charge in [0.2, 0.25) is 5.91 Å². The van der Waals surface area contributed by atoms with E-state index in [0.717, 1.165) is 49.4 Å². The summed E-state index contributed by atoms with van der Waals surface area (Å²) in [4.78, 5) is 16.9. The van der Waals surface area contributed by atoms with Gasteiger partial charge in [0.1, 0.15) is 11.6 Å². The van der Waals surface area contributed by atoms with E-state index in [0.29, 0.717) is 6.04 Å². The lowest BCUT2D eigenvalue weighted by Crippen LogP contribution is -2.52. The van der Waals surface area contributed by atoms with Gasteiger partial charge in [0.25, 0.3) is 0 Å². The van der Waals surface area contributed by atoms with E-state index in [1.165, 1.54) is 17.7 Å². The number of amides is 1. The zero-order chi connectivity index (χ0) is 20.5. The SMILES string of the molecule is COc1c(C)cccc1CN1C[C@H](c2ccc(F)cc2)[C@@H]2[C@H]1CCCN2C(C)=O. The van der Waals surface area contributed by atoms with Crippen LogP contribution >= 0.6 is 0 Å². The molecule has 2 aliphatic rings. The number of carbonyl (C=O) groups is 1. The van der Waals surface area contributed by atoms with Gasteiger partial charge in [-0.25, -0.2) is 4.39 Å². The summed E-state index contributed by atoms with van der Waals surface area (Å²) < 4.78 is 19.2. The van der Waals surface area contributed by atoms with Crippen molar-refractivity contribution in [1.82, 2.24) is 9.80 Å². The molecule has 0 spiro atoms. The number of carbonyl (C=O) groups excluding carboxylic acids is 1. The number of fused-ring (bicyclic) bond motifs is 1. The van der Waals surface area contributed by atoms with Crippen LogP contribution in [0, 0.1) is 12.7 Å². The third-order valence-corrected chi connectivity index (χ3v) is 6.54. The summed E-state index contributed by atoms with van der Waals surface area (Å²) in [7, 11) is 1.72. The zero-order valence-corrected chi connectivity index (χ0v) is 17.4. The van der Waals surface area contributed by atoms with E-state index >= 15 is 0 Å². The fourth-order valence-electron chi connectivity index (χ4n) is 5.29. The second kappa shape index (κ2) is 8.15. The predicted molar refractivity (Wildman–Crippen MR) is 111 cm³/mol. The molecule has 5 heteroatoms. The van der Waals surface area contributed by atoms with E-state index in [-0.39, 0.29) is 23.7 Å². The van der Waals surface area contributed by atoms with Crippen LogP contribution in [0.2, 0.25) is 0 Å². The first-order chi connectivity index (χ1) is 14.0. The van der Waals surface area contributed by atoms with Gasteiger partial charge in [-0.1, -0.05) is 30.3 Å². The molecule has 154 valence electrons. The van der Waals surface area contributed by atoms with Gasteiger partial charge in [-0.15, -0.1) is 0 Å². The summed E-state index contributed by atoms with van der Waals surface area (Å²) in [5, 5.41) is 0. The van der Waals surface area contributed by atoms with Gasteiger partial charge >= 0.3 is 0 Å². The van der Waals surface area contributed by atoms with Crippen molar-refractivity contribution in [3.63, 3.8) is 0 Å². The maximum atomic E-state index is 13.5. The average Bonchev–Trinajstić information content (AvgIpc) is 3.07. The summed E-state index contributed by atoms with van der Waals surface area (Å²) in [6.45, 7) is 6.16. The van der Waals surface area contributed by atoms with E-state index in [1.54, 1.807) is 14.0 Å². The number of methoxy groups -OCH3 is 1. The quantitative estimate of drug-likeness (QED) is 0.779. The van der Waals surface area contributed by atoms with Crippen molar-refractivity contribution in [2.24, 2.45) is 0 Å². The van der Waals surface area contributed by atoms with Crippen molar-refractivity contribution in [2.45, 2.75) is 51.2 Å². The van der Waals surface area contributed by atoms with E-state index in [9.17, 15) is 9.18 Å². The predicted octanol–water partition coefficient (Wildman–Crippen LogP) is 4.12. The molecule has 4 rings (SSSR count). The van der Waals surface area contributed by atoms with Crippen LogP contribution in [0.4, 0.5) is 4.39 Å². The highest BCUT2D eigenvalue weighted by atomic mass is 19.1. The van der Waals surface area contributed by atoms with Gasteiger partial charge in [0.15, 0.2) is 0 Å². The standard InChI is InChI=1S/C24H29FN2O2/c1-16-6-4-7-19(24(16)29-3)14-26-15-21(18-9-11-20(25)12-10-18)23-22(26)8-5-13-27(23)17(2)28/h4,6-7,9-12,21-23H,5,8,13-15H2,1-3H3/t21-,22-,23-/m1/s1. The molecule has 0 aromatic heterocycles. The second-order valence-corrected chi connectivity index (χ2v) is 8.27. The lowest BCUT2D eigenvalue weighted by Gasteiger charge is -2.41. The van der Waals surface area contributed by atoms with Crippen LogP contribution in [0.5, 0.6) is 5.75 Å². The Hall–Kier alpha value is -2.40. The maximum Gasteiger partial charge on any atom is 0.219 e. The van der Waals surface area contributed by atoms with Crippen molar-refractivity contribution in [3.05, 3.63) is 65.0 Å². The Morgan fingerprint density at radius 1 is 1.21 bits per heavy atom. The maximum absolute atomic E-state index is 13.5. The molecule has 1 amide bonds. The van der Waals surface area contributed by atoms with Crippen LogP contribution in [-0.2, 0) is 11.3 Å². The van der Waals surface area contributed by atoms with E-state index < -0.39 is 0 Å².